The van der Waals surface area contributed by atoms with E-state index >= 15 is 0 Å². The number of nitrogens with zero attached hydrogens (tertiary/aromatic N) is 2. The second kappa shape index (κ2) is 5.52. The van der Waals surface area contributed by atoms with Crippen LogP contribution in [-0.2, 0) is 4.74 Å². The first-order valence-electron chi connectivity index (χ1n) is 6.46. The summed E-state index contributed by atoms with van der Waals surface area (Å²) in [6.07, 6.45) is 2.20. The minimum absolute atomic E-state index is 0.302. The van der Waals surface area contributed by atoms with Gasteiger partial charge >= 0.3 is 0 Å². The number of ether oxygens (including phenoxy) is 1. The van der Waals surface area contributed by atoms with Crippen LogP contribution in [0.4, 0.5) is 11.6 Å². The van der Waals surface area contributed by atoms with Crippen molar-refractivity contribution in [3.8, 4) is 0 Å². The van der Waals surface area contributed by atoms with Crippen LogP contribution in [0.25, 0.3) is 0 Å². The Bertz CT molecular complexity index is 402. The summed E-state index contributed by atoms with van der Waals surface area (Å²) in [7, 11) is 1.87. The normalized spacial score (nSPS) is 18.4. The number of aryl methyl sites for hydroxylation is 1. The Kier molecular flexibility index (Phi) is 4.01. The van der Waals surface area contributed by atoms with Gasteiger partial charge in [0.25, 0.3) is 0 Å². The Morgan fingerprint density at radius 2 is 1.94 bits per heavy atom. The van der Waals surface area contributed by atoms with Crippen molar-refractivity contribution in [2.45, 2.75) is 26.7 Å². The molecule has 1 aromatic heterocycles. The van der Waals surface area contributed by atoms with Crippen molar-refractivity contribution in [1.82, 2.24) is 9.97 Å². The molecule has 0 saturated carbocycles. The molecule has 1 aromatic rings. The Morgan fingerprint density at radius 3 is 2.61 bits per heavy atom. The SMILES string of the molecule is CNc1cc(NCC2(C)CCOCC2)nc(C)n1. The predicted octanol–water partition coefficient (Wildman–Crippen LogP) is 2.06. The van der Waals surface area contributed by atoms with Crippen molar-refractivity contribution in [1.29, 1.82) is 0 Å². The van der Waals surface area contributed by atoms with Gasteiger partial charge in [0.1, 0.15) is 17.5 Å². The van der Waals surface area contributed by atoms with Gasteiger partial charge in [-0.3, -0.25) is 0 Å². The third-order valence-electron chi connectivity index (χ3n) is 3.49. The number of hydrogen-bond donors (Lipinski definition) is 2. The molecule has 0 amide bonds. The van der Waals surface area contributed by atoms with Gasteiger partial charge in [0.05, 0.1) is 0 Å². The van der Waals surface area contributed by atoms with Crippen LogP contribution in [0.5, 0.6) is 0 Å². The quantitative estimate of drug-likeness (QED) is 0.856. The van der Waals surface area contributed by atoms with Crippen LogP contribution in [0.15, 0.2) is 6.07 Å². The molecule has 1 saturated heterocycles. The Balaban J connectivity index is 1.98. The van der Waals surface area contributed by atoms with Crippen LogP contribution in [0.2, 0.25) is 0 Å². The summed E-state index contributed by atoms with van der Waals surface area (Å²) >= 11 is 0. The van der Waals surface area contributed by atoms with Crippen molar-refractivity contribution >= 4 is 11.6 Å². The first-order valence-corrected chi connectivity index (χ1v) is 6.46. The van der Waals surface area contributed by atoms with Crippen LogP contribution in [0, 0.1) is 12.3 Å². The Hall–Kier alpha value is -1.36. The zero-order valence-electron chi connectivity index (χ0n) is 11.4. The molecule has 0 radical (unpaired) electrons. The van der Waals surface area contributed by atoms with Crippen LogP contribution < -0.4 is 10.6 Å². The molecular weight excluding hydrogens is 228 g/mol. The highest BCUT2D eigenvalue weighted by atomic mass is 16.5. The van der Waals surface area contributed by atoms with Gasteiger partial charge in [0.2, 0.25) is 0 Å². The van der Waals surface area contributed by atoms with Gasteiger partial charge in [-0.05, 0) is 25.2 Å². The van der Waals surface area contributed by atoms with Crippen molar-refractivity contribution in [3.05, 3.63) is 11.9 Å². The summed E-state index contributed by atoms with van der Waals surface area (Å²) in [5.74, 6) is 2.52. The molecule has 1 aliphatic heterocycles. The highest BCUT2D eigenvalue weighted by molar-refractivity contribution is 5.47. The summed E-state index contributed by atoms with van der Waals surface area (Å²) in [5, 5.41) is 6.47. The first-order chi connectivity index (χ1) is 8.61. The van der Waals surface area contributed by atoms with Gasteiger partial charge in [-0.1, -0.05) is 6.92 Å². The topological polar surface area (TPSA) is 59.1 Å². The first kappa shape index (κ1) is 13.1. The van der Waals surface area contributed by atoms with Gasteiger partial charge in [0.15, 0.2) is 0 Å². The maximum atomic E-state index is 5.41. The maximum Gasteiger partial charge on any atom is 0.131 e. The minimum atomic E-state index is 0.302. The lowest BCUT2D eigenvalue weighted by Crippen LogP contribution is -2.33. The molecule has 18 heavy (non-hydrogen) atoms. The number of anilines is 2. The van der Waals surface area contributed by atoms with Crippen molar-refractivity contribution in [2.75, 3.05) is 37.4 Å². The fraction of sp³-hybridized carbons (Fsp3) is 0.692. The van der Waals surface area contributed by atoms with Gasteiger partial charge in [-0.15, -0.1) is 0 Å². The zero-order chi connectivity index (χ0) is 13.0. The summed E-state index contributed by atoms with van der Waals surface area (Å²) in [6.45, 7) is 6.86. The average molecular weight is 250 g/mol. The molecule has 2 N–H and O–H groups in total. The molecular formula is C13H22N4O. The molecule has 0 spiro atoms. The van der Waals surface area contributed by atoms with E-state index in [-0.39, 0.29) is 0 Å². The van der Waals surface area contributed by atoms with E-state index in [1.807, 2.05) is 20.0 Å². The molecule has 5 heteroatoms. The fourth-order valence-electron chi connectivity index (χ4n) is 2.13. The number of aromatic nitrogens is 2. The van der Waals surface area contributed by atoms with Gasteiger partial charge < -0.3 is 15.4 Å². The van der Waals surface area contributed by atoms with Crippen molar-refractivity contribution < 1.29 is 4.74 Å². The van der Waals surface area contributed by atoms with Gasteiger partial charge in [-0.2, -0.15) is 0 Å². The molecule has 100 valence electrons. The largest absolute Gasteiger partial charge is 0.381 e. The predicted molar refractivity (Wildman–Crippen MR) is 73.0 cm³/mol. The molecule has 1 aliphatic rings. The Morgan fingerprint density at radius 1 is 1.28 bits per heavy atom. The average Bonchev–Trinajstić information content (AvgIpc) is 2.37. The molecule has 0 atom stereocenters. The third-order valence-corrected chi connectivity index (χ3v) is 3.49. The standard InChI is InChI=1S/C13H22N4O/c1-10-16-11(14-3)8-12(17-10)15-9-13(2)4-6-18-7-5-13/h8H,4-7,9H2,1-3H3,(H2,14,15,16,17). The lowest BCUT2D eigenvalue weighted by Gasteiger charge is -2.33. The van der Waals surface area contributed by atoms with E-state index in [1.54, 1.807) is 0 Å². The van der Waals surface area contributed by atoms with Crippen LogP contribution in [0.3, 0.4) is 0 Å². The molecule has 0 aliphatic carbocycles. The van der Waals surface area contributed by atoms with E-state index < -0.39 is 0 Å². The molecule has 1 fully saturated rings. The van der Waals surface area contributed by atoms with E-state index in [1.165, 1.54) is 0 Å². The van der Waals surface area contributed by atoms with E-state index in [9.17, 15) is 0 Å². The highest BCUT2D eigenvalue weighted by Crippen LogP contribution is 2.29. The third kappa shape index (κ3) is 3.32. The summed E-state index contributed by atoms with van der Waals surface area (Å²) in [5.41, 5.74) is 0.302. The molecule has 5 nitrogen and oxygen atoms in total. The van der Waals surface area contributed by atoms with E-state index in [0.717, 1.165) is 50.1 Å². The van der Waals surface area contributed by atoms with Crippen LogP contribution >= 0.6 is 0 Å². The summed E-state index contributed by atoms with van der Waals surface area (Å²) in [4.78, 5) is 8.69. The van der Waals surface area contributed by atoms with Gasteiger partial charge in [-0.25, -0.2) is 9.97 Å². The zero-order valence-corrected chi connectivity index (χ0v) is 11.4. The monoisotopic (exact) mass is 250 g/mol. The van der Waals surface area contributed by atoms with Crippen LogP contribution in [0.1, 0.15) is 25.6 Å². The van der Waals surface area contributed by atoms with E-state index in [0.29, 0.717) is 5.41 Å². The van der Waals surface area contributed by atoms with Crippen LogP contribution in [-0.4, -0.2) is 36.8 Å². The number of rotatable bonds is 4. The van der Waals surface area contributed by atoms with E-state index in [4.69, 9.17) is 4.74 Å². The van der Waals surface area contributed by atoms with Crippen molar-refractivity contribution in [3.63, 3.8) is 0 Å². The number of hydrogen-bond acceptors (Lipinski definition) is 5. The Labute approximate surface area is 108 Å². The highest BCUT2D eigenvalue weighted by Gasteiger charge is 2.27. The van der Waals surface area contributed by atoms with Gasteiger partial charge in [0, 0.05) is 32.9 Å². The molecule has 2 rings (SSSR count). The maximum absolute atomic E-state index is 5.41. The second-order valence-corrected chi connectivity index (χ2v) is 5.21. The molecule has 0 unspecified atom stereocenters. The second-order valence-electron chi connectivity index (χ2n) is 5.21. The number of nitrogens with one attached hydrogen (secondary N) is 2. The fourth-order valence-corrected chi connectivity index (χ4v) is 2.13. The van der Waals surface area contributed by atoms with E-state index in [2.05, 4.69) is 27.5 Å². The minimum Gasteiger partial charge on any atom is -0.381 e. The lowest BCUT2D eigenvalue weighted by atomic mass is 9.82. The lowest BCUT2D eigenvalue weighted by molar-refractivity contribution is 0.0300. The van der Waals surface area contributed by atoms with Crippen molar-refractivity contribution in [2.24, 2.45) is 5.41 Å². The molecule has 0 bridgehead atoms. The smallest absolute Gasteiger partial charge is 0.131 e. The summed E-state index contributed by atoms with van der Waals surface area (Å²) in [6, 6.07) is 1.94. The molecule has 0 aromatic carbocycles. The molecule has 2 heterocycles. The summed E-state index contributed by atoms with van der Waals surface area (Å²) < 4.78 is 5.41.